The molecular formula is C17H19BrClNS. The average Bonchev–Trinajstić information content (AvgIpc) is 2.43. The summed E-state index contributed by atoms with van der Waals surface area (Å²) in [7, 11) is 0. The molecule has 2 rings (SSSR count). The number of hydrogen-bond donors (Lipinski definition) is 1. The molecule has 2 aromatic rings. The molecule has 0 unspecified atom stereocenters. The van der Waals surface area contributed by atoms with Crippen LogP contribution in [0.1, 0.15) is 19.4 Å². The van der Waals surface area contributed by atoms with Crippen LogP contribution in [-0.2, 0) is 6.54 Å². The van der Waals surface area contributed by atoms with Crippen molar-refractivity contribution in [2.45, 2.75) is 30.2 Å². The van der Waals surface area contributed by atoms with Gasteiger partial charge in [-0.2, -0.15) is 0 Å². The summed E-state index contributed by atoms with van der Waals surface area (Å²) in [6.45, 7) is 6.31. The number of nitrogens with one attached hydrogen (secondary N) is 1. The molecule has 0 saturated carbocycles. The minimum atomic E-state index is 0.650. The van der Waals surface area contributed by atoms with Crippen LogP contribution >= 0.6 is 39.3 Å². The Labute approximate surface area is 144 Å². The van der Waals surface area contributed by atoms with Gasteiger partial charge >= 0.3 is 0 Å². The molecule has 0 heterocycles. The molecule has 112 valence electrons. The highest BCUT2D eigenvalue weighted by Gasteiger charge is 2.08. The van der Waals surface area contributed by atoms with Crippen LogP contribution in [0.25, 0.3) is 0 Å². The van der Waals surface area contributed by atoms with Crippen molar-refractivity contribution in [3.63, 3.8) is 0 Å². The van der Waals surface area contributed by atoms with Crippen molar-refractivity contribution in [3.05, 3.63) is 57.5 Å². The van der Waals surface area contributed by atoms with Gasteiger partial charge in [-0.05, 0) is 58.2 Å². The third kappa shape index (κ3) is 5.33. The lowest BCUT2D eigenvalue weighted by Gasteiger charge is -2.13. The zero-order valence-corrected chi connectivity index (χ0v) is 15.4. The van der Waals surface area contributed by atoms with Crippen molar-refractivity contribution >= 4 is 39.3 Å². The van der Waals surface area contributed by atoms with Gasteiger partial charge in [-0.15, -0.1) is 0 Å². The topological polar surface area (TPSA) is 12.0 Å². The quantitative estimate of drug-likeness (QED) is 0.655. The minimum absolute atomic E-state index is 0.650. The predicted octanol–water partition coefficient (Wildman–Crippen LogP) is 6.00. The summed E-state index contributed by atoms with van der Waals surface area (Å²) in [6.07, 6.45) is 0. The van der Waals surface area contributed by atoms with E-state index in [0.29, 0.717) is 5.92 Å². The van der Waals surface area contributed by atoms with Crippen molar-refractivity contribution in [2.24, 2.45) is 5.92 Å². The summed E-state index contributed by atoms with van der Waals surface area (Å²) >= 11 is 11.5. The highest BCUT2D eigenvalue weighted by molar-refractivity contribution is 9.10. The fraction of sp³-hybridized carbons (Fsp3) is 0.294. The van der Waals surface area contributed by atoms with E-state index < -0.39 is 0 Å². The first-order valence-corrected chi connectivity index (χ1v) is 8.96. The van der Waals surface area contributed by atoms with Gasteiger partial charge < -0.3 is 5.32 Å². The maximum Gasteiger partial charge on any atom is 0.0417 e. The normalized spacial score (nSPS) is 11.1. The molecule has 1 N–H and O–H groups in total. The fourth-order valence-corrected chi connectivity index (χ4v) is 3.68. The molecule has 21 heavy (non-hydrogen) atoms. The van der Waals surface area contributed by atoms with Gasteiger partial charge in [0.05, 0.1) is 0 Å². The number of benzene rings is 2. The first-order valence-electron chi connectivity index (χ1n) is 6.98. The summed E-state index contributed by atoms with van der Waals surface area (Å²) in [5.74, 6) is 0.650. The Kier molecular flexibility index (Phi) is 6.62. The molecule has 0 fully saturated rings. The molecule has 2 aromatic carbocycles. The van der Waals surface area contributed by atoms with Gasteiger partial charge in [0.25, 0.3) is 0 Å². The maximum absolute atomic E-state index is 6.16. The van der Waals surface area contributed by atoms with Gasteiger partial charge in [0, 0.05) is 25.8 Å². The van der Waals surface area contributed by atoms with E-state index in [0.717, 1.165) is 22.6 Å². The second-order valence-corrected chi connectivity index (χ2v) is 7.68. The van der Waals surface area contributed by atoms with Crippen molar-refractivity contribution in [2.75, 3.05) is 6.54 Å². The summed E-state index contributed by atoms with van der Waals surface area (Å²) in [4.78, 5) is 2.40. The van der Waals surface area contributed by atoms with Gasteiger partial charge in [0.15, 0.2) is 0 Å². The molecule has 0 spiro atoms. The van der Waals surface area contributed by atoms with E-state index in [1.807, 2.05) is 24.3 Å². The fourth-order valence-electron chi connectivity index (χ4n) is 1.91. The summed E-state index contributed by atoms with van der Waals surface area (Å²) in [6, 6.07) is 14.3. The van der Waals surface area contributed by atoms with Crippen LogP contribution in [-0.4, -0.2) is 6.54 Å². The zero-order chi connectivity index (χ0) is 15.2. The highest BCUT2D eigenvalue weighted by atomic mass is 79.9. The lowest BCUT2D eigenvalue weighted by atomic mass is 10.2. The molecular weight excluding hydrogens is 366 g/mol. The SMILES string of the molecule is CC(C)CNCc1ccc(Cl)cc1Sc1ccccc1Br. The average molecular weight is 385 g/mol. The maximum atomic E-state index is 6.16. The predicted molar refractivity (Wildman–Crippen MR) is 96.3 cm³/mol. The minimum Gasteiger partial charge on any atom is -0.312 e. The van der Waals surface area contributed by atoms with Crippen molar-refractivity contribution in [1.29, 1.82) is 0 Å². The largest absolute Gasteiger partial charge is 0.312 e. The third-order valence-electron chi connectivity index (χ3n) is 2.95. The lowest BCUT2D eigenvalue weighted by Crippen LogP contribution is -2.19. The Morgan fingerprint density at radius 1 is 1.14 bits per heavy atom. The van der Waals surface area contributed by atoms with E-state index in [9.17, 15) is 0 Å². The molecule has 0 aliphatic heterocycles. The Morgan fingerprint density at radius 3 is 2.62 bits per heavy atom. The number of rotatable bonds is 6. The zero-order valence-electron chi connectivity index (χ0n) is 12.2. The standard InChI is InChI=1S/C17H19BrClNS/c1-12(2)10-20-11-13-7-8-14(19)9-17(13)21-16-6-4-3-5-15(16)18/h3-9,12,20H,10-11H2,1-2H3. The van der Waals surface area contributed by atoms with Crippen molar-refractivity contribution in [3.8, 4) is 0 Å². The van der Waals surface area contributed by atoms with Crippen LogP contribution in [0.3, 0.4) is 0 Å². The first-order chi connectivity index (χ1) is 10.1. The second kappa shape index (κ2) is 8.23. The summed E-state index contributed by atoms with van der Waals surface area (Å²) in [5, 5.41) is 4.27. The molecule has 0 atom stereocenters. The van der Waals surface area contributed by atoms with E-state index in [-0.39, 0.29) is 0 Å². The summed E-state index contributed by atoms with van der Waals surface area (Å²) < 4.78 is 1.11. The Bertz CT molecular complexity index is 601. The lowest BCUT2D eigenvalue weighted by molar-refractivity contribution is 0.550. The van der Waals surface area contributed by atoms with Crippen LogP contribution in [0.15, 0.2) is 56.7 Å². The van der Waals surface area contributed by atoms with E-state index in [1.165, 1.54) is 15.4 Å². The van der Waals surface area contributed by atoms with Crippen LogP contribution < -0.4 is 5.32 Å². The van der Waals surface area contributed by atoms with Gasteiger partial charge in [0.2, 0.25) is 0 Å². The van der Waals surface area contributed by atoms with Crippen LogP contribution in [0.5, 0.6) is 0 Å². The molecule has 0 aliphatic rings. The Hall–Kier alpha value is -0.480. The first kappa shape index (κ1) is 16.9. The Balaban J connectivity index is 2.17. The molecule has 0 amide bonds. The van der Waals surface area contributed by atoms with Crippen LogP contribution in [0.2, 0.25) is 5.02 Å². The smallest absolute Gasteiger partial charge is 0.0417 e. The van der Waals surface area contributed by atoms with Crippen molar-refractivity contribution in [1.82, 2.24) is 5.32 Å². The molecule has 0 aliphatic carbocycles. The highest BCUT2D eigenvalue weighted by Crippen LogP contribution is 2.36. The van der Waals surface area contributed by atoms with Gasteiger partial charge in [0.1, 0.15) is 0 Å². The number of hydrogen-bond acceptors (Lipinski definition) is 2. The molecule has 0 bridgehead atoms. The van der Waals surface area contributed by atoms with Gasteiger partial charge in [-0.25, -0.2) is 0 Å². The second-order valence-electron chi connectivity index (χ2n) is 5.31. The van der Waals surface area contributed by atoms with Gasteiger partial charge in [-0.3, -0.25) is 0 Å². The van der Waals surface area contributed by atoms with Crippen LogP contribution in [0, 0.1) is 5.92 Å². The molecule has 0 aromatic heterocycles. The van der Waals surface area contributed by atoms with Crippen molar-refractivity contribution < 1.29 is 0 Å². The van der Waals surface area contributed by atoms with Gasteiger partial charge in [-0.1, -0.05) is 55.4 Å². The number of halogens is 2. The van der Waals surface area contributed by atoms with E-state index >= 15 is 0 Å². The van der Waals surface area contributed by atoms with E-state index in [4.69, 9.17) is 11.6 Å². The summed E-state index contributed by atoms with van der Waals surface area (Å²) in [5.41, 5.74) is 1.28. The molecule has 0 radical (unpaired) electrons. The Morgan fingerprint density at radius 2 is 1.90 bits per heavy atom. The monoisotopic (exact) mass is 383 g/mol. The molecule has 1 nitrogen and oxygen atoms in total. The molecule has 0 saturated heterocycles. The van der Waals surface area contributed by atoms with Crippen LogP contribution in [0.4, 0.5) is 0 Å². The third-order valence-corrected chi connectivity index (χ3v) is 5.32. The van der Waals surface area contributed by atoms with E-state index in [2.05, 4.69) is 53.3 Å². The molecule has 4 heteroatoms. The van der Waals surface area contributed by atoms with E-state index in [1.54, 1.807) is 11.8 Å².